The van der Waals surface area contributed by atoms with Crippen LogP contribution in [0.5, 0.6) is 11.5 Å². The molecule has 0 saturated carbocycles. The van der Waals surface area contributed by atoms with Crippen LogP contribution in [0.3, 0.4) is 0 Å². The predicted molar refractivity (Wildman–Crippen MR) is 91.5 cm³/mol. The summed E-state index contributed by atoms with van der Waals surface area (Å²) in [5.41, 5.74) is 6.90. The average Bonchev–Trinajstić information content (AvgIpc) is 2.73. The number of aryl methyl sites for hydroxylation is 1. The summed E-state index contributed by atoms with van der Waals surface area (Å²) in [6, 6.07) is 11.0. The van der Waals surface area contributed by atoms with Crippen LogP contribution in [-0.4, -0.2) is 38.6 Å². The van der Waals surface area contributed by atoms with Crippen LogP contribution in [0.4, 0.5) is 0 Å². The van der Waals surface area contributed by atoms with Gasteiger partial charge in [0.25, 0.3) is 0 Å². The summed E-state index contributed by atoms with van der Waals surface area (Å²) in [6.45, 7) is 1.01. The van der Waals surface area contributed by atoms with Crippen molar-refractivity contribution < 1.29 is 38.0 Å². The van der Waals surface area contributed by atoms with Crippen molar-refractivity contribution in [3.05, 3.63) is 58.1 Å². The van der Waals surface area contributed by atoms with Gasteiger partial charge in [-0.25, -0.2) is 4.58 Å². The van der Waals surface area contributed by atoms with Gasteiger partial charge in [0.15, 0.2) is 24.3 Å². The SMILES string of the molecule is COc1cc2c3c(c1OC)CCc1ccccc1C3C[N+](C)=C2.[I-]. The molecule has 3 nitrogen and oxygen atoms in total. The molecule has 2 aliphatic rings. The van der Waals surface area contributed by atoms with Crippen LogP contribution in [0.1, 0.15) is 33.7 Å². The minimum atomic E-state index is 0. The quantitative estimate of drug-likeness (QED) is 0.490. The van der Waals surface area contributed by atoms with Crippen molar-refractivity contribution in [3.63, 3.8) is 0 Å². The van der Waals surface area contributed by atoms with Gasteiger partial charge < -0.3 is 33.5 Å². The van der Waals surface area contributed by atoms with E-state index in [2.05, 4.69) is 48.2 Å². The fourth-order valence-corrected chi connectivity index (χ4v) is 4.16. The van der Waals surface area contributed by atoms with Crippen molar-refractivity contribution in [2.45, 2.75) is 18.8 Å². The van der Waals surface area contributed by atoms with Crippen LogP contribution in [0.25, 0.3) is 0 Å². The van der Waals surface area contributed by atoms with E-state index < -0.39 is 0 Å². The van der Waals surface area contributed by atoms with E-state index in [1.807, 2.05) is 0 Å². The van der Waals surface area contributed by atoms with E-state index in [1.165, 1.54) is 27.8 Å². The molecular weight excluding hydrogens is 413 g/mol. The number of benzene rings is 2. The highest BCUT2D eigenvalue weighted by molar-refractivity contribution is 5.83. The Bertz CT molecular complexity index is 814. The lowest BCUT2D eigenvalue weighted by atomic mass is 9.83. The number of hydrogen-bond donors (Lipinski definition) is 0. The lowest BCUT2D eigenvalue weighted by Gasteiger charge is -2.25. The Morgan fingerprint density at radius 3 is 2.62 bits per heavy atom. The zero-order valence-corrected chi connectivity index (χ0v) is 16.5. The number of rotatable bonds is 2. The topological polar surface area (TPSA) is 21.5 Å². The van der Waals surface area contributed by atoms with E-state index in [9.17, 15) is 0 Å². The van der Waals surface area contributed by atoms with Gasteiger partial charge in [0.2, 0.25) is 0 Å². The number of halogens is 1. The minimum absolute atomic E-state index is 0. The predicted octanol–water partition coefficient (Wildman–Crippen LogP) is 0.0131. The molecule has 4 heteroatoms. The largest absolute Gasteiger partial charge is 1.00 e. The van der Waals surface area contributed by atoms with Crippen LogP contribution in [0, 0.1) is 0 Å². The standard InChI is InChI=1S/C20H22NO2.HI/c1-21-11-14-10-18(22-2)20(23-3)16-9-8-13-6-4-5-7-15(13)17(12-21)19(14)16;/h4-7,10-11,17H,8-9,12H2,1-3H3;1H/q+1;/p-1. The third-order valence-electron chi connectivity index (χ3n) is 5.10. The Morgan fingerprint density at radius 1 is 1.08 bits per heavy atom. The van der Waals surface area contributed by atoms with Crippen molar-refractivity contribution in [2.75, 3.05) is 27.8 Å². The second kappa shape index (κ2) is 6.75. The molecule has 24 heavy (non-hydrogen) atoms. The van der Waals surface area contributed by atoms with Gasteiger partial charge in [-0.2, -0.15) is 0 Å². The molecule has 2 aromatic carbocycles. The molecule has 2 aromatic rings. The maximum Gasteiger partial charge on any atom is 0.170 e. The van der Waals surface area contributed by atoms with Gasteiger partial charge in [-0.1, -0.05) is 24.3 Å². The fraction of sp³-hybridized carbons (Fsp3) is 0.350. The number of fused-ring (bicyclic) bond motifs is 2. The van der Waals surface area contributed by atoms with E-state index >= 15 is 0 Å². The Morgan fingerprint density at radius 2 is 1.88 bits per heavy atom. The van der Waals surface area contributed by atoms with Crippen molar-refractivity contribution >= 4 is 6.21 Å². The first-order chi connectivity index (χ1) is 11.2. The summed E-state index contributed by atoms with van der Waals surface area (Å²) in [7, 11) is 5.60. The van der Waals surface area contributed by atoms with Crippen LogP contribution in [-0.2, 0) is 12.8 Å². The van der Waals surface area contributed by atoms with Crippen LogP contribution < -0.4 is 33.5 Å². The van der Waals surface area contributed by atoms with Crippen LogP contribution >= 0.6 is 0 Å². The number of methoxy groups -OCH3 is 2. The molecule has 1 heterocycles. The van der Waals surface area contributed by atoms with E-state index in [0.29, 0.717) is 5.92 Å². The highest BCUT2D eigenvalue weighted by Gasteiger charge is 2.34. The van der Waals surface area contributed by atoms with Gasteiger partial charge in [0.05, 0.1) is 20.1 Å². The Labute approximate surface area is 160 Å². The summed E-state index contributed by atoms with van der Waals surface area (Å²) in [4.78, 5) is 0. The normalized spacial score (nSPS) is 17.6. The molecule has 1 aliphatic heterocycles. The van der Waals surface area contributed by atoms with Gasteiger partial charge in [0, 0.05) is 11.1 Å². The summed E-state index contributed by atoms with van der Waals surface area (Å²) in [6.07, 6.45) is 4.27. The summed E-state index contributed by atoms with van der Waals surface area (Å²) >= 11 is 0. The minimum Gasteiger partial charge on any atom is -1.00 e. The van der Waals surface area contributed by atoms with E-state index in [0.717, 1.165) is 30.9 Å². The summed E-state index contributed by atoms with van der Waals surface area (Å²) < 4.78 is 13.6. The zero-order valence-electron chi connectivity index (χ0n) is 14.3. The number of nitrogens with zero attached hydrogens (tertiary/aromatic N) is 1. The van der Waals surface area contributed by atoms with Crippen LogP contribution in [0.2, 0.25) is 0 Å². The lowest BCUT2D eigenvalue weighted by Crippen LogP contribution is -3.00. The van der Waals surface area contributed by atoms with Crippen LogP contribution in [0.15, 0.2) is 30.3 Å². The molecule has 4 rings (SSSR count). The molecular formula is C20H22INO2. The molecule has 0 radical (unpaired) electrons. The molecule has 0 bridgehead atoms. The van der Waals surface area contributed by atoms with Gasteiger partial charge in [-0.15, -0.1) is 0 Å². The highest BCUT2D eigenvalue weighted by Crippen LogP contribution is 2.45. The summed E-state index contributed by atoms with van der Waals surface area (Å²) in [5, 5.41) is 0. The third-order valence-corrected chi connectivity index (χ3v) is 5.10. The smallest absolute Gasteiger partial charge is 0.170 e. The molecule has 0 N–H and O–H groups in total. The molecule has 0 amide bonds. The van der Waals surface area contributed by atoms with E-state index in [4.69, 9.17) is 9.47 Å². The first-order valence-corrected chi connectivity index (χ1v) is 8.13. The Kier molecular flexibility index (Phi) is 4.85. The van der Waals surface area contributed by atoms with Gasteiger partial charge in [-0.05, 0) is 35.6 Å². The Hall–Kier alpha value is -1.56. The molecule has 1 aliphatic carbocycles. The van der Waals surface area contributed by atoms with Crippen molar-refractivity contribution in [2.24, 2.45) is 0 Å². The third kappa shape index (κ3) is 2.61. The molecule has 0 aromatic heterocycles. The van der Waals surface area contributed by atoms with Crippen molar-refractivity contribution in [3.8, 4) is 11.5 Å². The first kappa shape index (κ1) is 17.3. The zero-order chi connectivity index (χ0) is 16.0. The van der Waals surface area contributed by atoms with Gasteiger partial charge in [-0.3, -0.25) is 0 Å². The Balaban J connectivity index is 0.00000169. The molecule has 1 atom stereocenters. The van der Waals surface area contributed by atoms with E-state index in [-0.39, 0.29) is 24.0 Å². The second-order valence-electron chi connectivity index (χ2n) is 6.41. The number of hydrogen-bond acceptors (Lipinski definition) is 2. The second-order valence-corrected chi connectivity index (χ2v) is 6.41. The molecule has 126 valence electrons. The van der Waals surface area contributed by atoms with Crippen molar-refractivity contribution in [1.82, 2.24) is 0 Å². The maximum atomic E-state index is 5.74. The highest BCUT2D eigenvalue weighted by atomic mass is 127. The average molecular weight is 435 g/mol. The lowest BCUT2D eigenvalue weighted by molar-refractivity contribution is -0.495. The molecule has 0 saturated heterocycles. The maximum absolute atomic E-state index is 5.74. The van der Waals surface area contributed by atoms with Crippen molar-refractivity contribution in [1.29, 1.82) is 0 Å². The van der Waals surface area contributed by atoms with Gasteiger partial charge >= 0.3 is 0 Å². The molecule has 0 spiro atoms. The molecule has 0 fully saturated rings. The number of likely N-dealkylation sites (N-methyl/N-ethyl adjacent to an activating group) is 1. The fourth-order valence-electron chi connectivity index (χ4n) is 4.16. The summed E-state index contributed by atoms with van der Waals surface area (Å²) in [5.74, 6) is 2.13. The molecule has 1 unspecified atom stereocenters. The first-order valence-electron chi connectivity index (χ1n) is 8.13. The monoisotopic (exact) mass is 435 g/mol. The van der Waals surface area contributed by atoms with Gasteiger partial charge in [0.1, 0.15) is 7.05 Å². The number of ether oxygens (including phenoxy) is 2. The van der Waals surface area contributed by atoms with E-state index in [1.54, 1.807) is 14.2 Å².